The zero-order valence-electron chi connectivity index (χ0n) is 8.07. The Bertz CT molecular complexity index is 432. The monoisotopic (exact) mass is 227 g/mol. The highest BCUT2D eigenvalue weighted by molar-refractivity contribution is 6.42. The lowest BCUT2D eigenvalue weighted by Crippen LogP contribution is -1.84. The van der Waals surface area contributed by atoms with Crippen molar-refractivity contribution in [1.29, 1.82) is 0 Å². The number of fused-ring (bicyclic) bond motifs is 1. The van der Waals surface area contributed by atoms with Gasteiger partial charge in [-0.15, -0.1) is 0 Å². The molecule has 0 bridgehead atoms. The minimum Gasteiger partial charge on any atom is -0.358 e. The van der Waals surface area contributed by atoms with Gasteiger partial charge in [0.05, 0.1) is 10.0 Å². The molecule has 0 aliphatic carbocycles. The van der Waals surface area contributed by atoms with Gasteiger partial charge in [-0.3, -0.25) is 0 Å². The summed E-state index contributed by atoms with van der Waals surface area (Å²) in [6.45, 7) is 4.29. The van der Waals surface area contributed by atoms with Gasteiger partial charge in [-0.05, 0) is 24.1 Å². The first-order chi connectivity index (χ1) is 6.58. The predicted octanol–water partition coefficient (Wildman–Crippen LogP) is 4.60. The maximum atomic E-state index is 5.93. The number of nitrogens with one attached hydrogen (secondary N) is 1. The van der Waals surface area contributed by atoms with Gasteiger partial charge < -0.3 is 4.98 Å². The Labute approximate surface area is 93.0 Å². The molecule has 14 heavy (non-hydrogen) atoms. The van der Waals surface area contributed by atoms with Crippen LogP contribution in [-0.4, -0.2) is 4.98 Å². The summed E-state index contributed by atoms with van der Waals surface area (Å²) in [6, 6.07) is 5.87. The second-order valence-electron chi connectivity index (χ2n) is 3.73. The van der Waals surface area contributed by atoms with Crippen molar-refractivity contribution >= 4 is 34.1 Å². The van der Waals surface area contributed by atoms with Crippen molar-refractivity contribution < 1.29 is 0 Å². The van der Waals surface area contributed by atoms with E-state index in [4.69, 9.17) is 23.2 Å². The summed E-state index contributed by atoms with van der Waals surface area (Å²) in [5.74, 6) is 0.486. The van der Waals surface area contributed by atoms with Gasteiger partial charge in [0.2, 0.25) is 0 Å². The van der Waals surface area contributed by atoms with E-state index in [-0.39, 0.29) is 0 Å². The van der Waals surface area contributed by atoms with Crippen LogP contribution in [0, 0.1) is 0 Å². The first-order valence-electron chi connectivity index (χ1n) is 4.55. The predicted molar refractivity (Wildman–Crippen MR) is 62.4 cm³/mol. The largest absolute Gasteiger partial charge is 0.358 e. The lowest BCUT2D eigenvalue weighted by molar-refractivity contribution is 0.836. The summed E-state index contributed by atoms with van der Waals surface area (Å²) in [5, 5.41) is 2.31. The molecule has 0 aliphatic heterocycles. The zero-order valence-corrected chi connectivity index (χ0v) is 9.58. The van der Waals surface area contributed by atoms with Crippen LogP contribution < -0.4 is 0 Å². The summed E-state index contributed by atoms with van der Waals surface area (Å²) in [4.78, 5) is 3.32. The summed E-state index contributed by atoms with van der Waals surface area (Å²) < 4.78 is 0. The number of H-pyrrole nitrogens is 1. The van der Waals surface area contributed by atoms with Crippen molar-refractivity contribution in [2.24, 2.45) is 0 Å². The van der Waals surface area contributed by atoms with E-state index >= 15 is 0 Å². The van der Waals surface area contributed by atoms with E-state index < -0.39 is 0 Å². The van der Waals surface area contributed by atoms with E-state index in [2.05, 4.69) is 24.9 Å². The van der Waals surface area contributed by atoms with E-state index in [1.807, 2.05) is 12.1 Å². The van der Waals surface area contributed by atoms with Crippen molar-refractivity contribution in [3.63, 3.8) is 0 Å². The number of aromatic amines is 1. The third-order valence-electron chi connectivity index (χ3n) is 2.30. The molecule has 0 unspecified atom stereocenters. The van der Waals surface area contributed by atoms with Gasteiger partial charge in [-0.2, -0.15) is 0 Å². The summed E-state index contributed by atoms with van der Waals surface area (Å²) >= 11 is 11.9. The minimum absolute atomic E-state index is 0.486. The second-order valence-corrected chi connectivity index (χ2v) is 4.55. The van der Waals surface area contributed by atoms with E-state index in [0.29, 0.717) is 16.0 Å². The van der Waals surface area contributed by atoms with Gasteiger partial charge in [-0.25, -0.2) is 0 Å². The Morgan fingerprint density at radius 3 is 2.36 bits per heavy atom. The van der Waals surface area contributed by atoms with Crippen LogP contribution in [0.3, 0.4) is 0 Å². The molecule has 1 heterocycles. The van der Waals surface area contributed by atoms with Crippen LogP contribution >= 0.6 is 23.2 Å². The molecule has 0 radical (unpaired) electrons. The third kappa shape index (κ3) is 1.62. The summed E-state index contributed by atoms with van der Waals surface area (Å²) in [7, 11) is 0. The van der Waals surface area contributed by atoms with Gasteiger partial charge in [0.15, 0.2) is 0 Å². The topological polar surface area (TPSA) is 15.8 Å². The highest BCUT2D eigenvalue weighted by atomic mass is 35.5. The number of hydrogen-bond donors (Lipinski definition) is 1. The van der Waals surface area contributed by atoms with Gasteiger partial charge in [0.25, 0.3) is 0 Å². The van der Waals surface area contributed by atoms with Crippen LogP contribution in [0.2, 0.25) is 10.0 Å². The maximum absolute atomic E-state index is 5.93. The fraction of sp³-hybridized carbons (Fsp3) is 0.273. The van der Waals surface area contributed by atoms with Crippen molar-refractivity contribution in [1.82, 2.24) is 4.98 Å². The number of benzene rings is 1. The van der Waals surface area contributed by atoms with E-state index in [1.54, 1.807) is 0 Å². The number of halogens is 2. The maximum Gasteiger partial charge on any atom is 0.0613 e. The lowest BCUT2D eigenvalue weighted by atomic mass is 10.1. The molecule has 1 aromatic carbocycles. The average Bonchev–Trinajstić information content (AvgIpc) is 2.48. The molecule has 0 amide bonds. The highest BCUT2D eigenvalue weighted by Crippen LogP contribution is 2.29. The highest BCUT2D eigenvalue weighted by Gasteiger charge is 2.06. The van der Waals surface area contributed by atoms with E-state index in [9.17, 15) is 0 Å². The van der Waals surface area contributed by atoms with Gasteiger partial charge >= 0.3 is 0 Å². The molecule has 0 spiro atoms. The Balaban J connectivity index is 2.66. The Morgan fingerprint density at radius 1 is 1.07 bits per heavy atom. The Morgan fingerprint density at radius 2 is 1.71 bits per heavy atom. The molecule has 1 N–H and O–H groups in total. The molecule has 2 rings (SSSR count). The first-order valence-corrected chi connectivity index (χ1v) is 5.31. The smallest absolute Gasteiger partial charge is 0.0613 e. The van der Waals surface area contributed by atoms with Gasteiger partial charge in [-0.1, -0.05) is 37.0 Å². The molecule has 0 saturated heterocycles. The van der Waals surface area contributed by atoms with E-state index in [1.165, 1.54) is 5.69 Å². The number of aromatic nitrogens is 1. The molecule has 2 aromatic rings. The normalized spacial score (nSPS) is 11.5. The molecule has 3 heteroatoms. The molecular weight excluding hydrogens is 217 g/mol. The number of hydrogen-bond acceptors (Lipinski definition) is 0. The van der Waals surface area contributed by atoms with Crippen LogP contribution in [0.15, 0.2) is 18.2 Å². The molecule has 0 saturated carbocycles. The summed E-state index contributed by atoms with van der Waals surface area (Å²) in [5.41, 5.74) is 2.25. The molecule has 0 atom stereocenters. The fourth-order valence-corrected chi connectivity index (χ4v) is 1.80. The average molecular weight is 228 g/mol. The Kier molecular flexibility index (Phi) is 2.46. The van der Waals surface area contributed by atoms with Gasteiger partial charge in [0.1, 0.15) is 0 Å². The third-order valence-corrected chi connectivity index (χ3v) is 3.03. The quantitative estimate of drug-likeness (QED) is 0.734. The van der Waals surface area contributed by atoms with Crippen LogP contribution in [0.4, 0.5) is 0 Å². The standard InChI is InChI=1S/C11H11Cl2N/c1-6(2)10-4-7-3-8(12)9(13)5-11(7)14-10/h3-6,14H,1-2H3. The lowest BCUT2D eigenvalue weighted by Gasteiger charge is -1.97. The van der Waals surface area contributed by atoms with Crippen LogP contribution in [0.1, 0.15) is 25.5 Å². The molecule has 0 fully saturated rings. The van der Waals surface area contributed by atoms with Gasteiger partial charge in [0, 0.05) is 16.6 Å². The Hall–Kier alpha value is -0.660. The van der Waals surface area contributed by atoms with Crippen LogP contribution in [0.25, 0.3) is 10.9 Å². The first kappa shape index (κ1) is 9.88. The molecule has 74 valence electrons. The van der Waals surface area contributed by atoms with Crippen molar-refractivity contribution in [3.05, 3.63) is 33.9 Å². The molecule has 1 nitrogen and oxygen atoms in total. The minimum atomic E-state index is 0.486. The molecule has 1 aromatic heterocycles. The number of rotatable bonds is 1. The van der Waals surface area contributed by atoms with Crippen LogP contribution in [-0.2, 0) is 0 Å². The zero-order chi connectivity index (χ0) is 10.3. The molecule has 0 aliphatic rings. The van der Waals surface area contributed by atoms with Crippen LogP contribution in [0.5, 0.6) is 0 Å². The van der Waals surface area contributed by atoms with E-state index in [0.717, 1.165) is 10.9 Å². The van der Waals surface area contributed by atoms with Crippen molar-refractivity contribution in [2.45, 2.75) is 19.8 Å². The SMILES string of the molecule is CC(C)c1cc2cc(Cl)c(Cl)cc2[nH]1. The summed E-state index contributed by atoms with van der Waals surface area (Å²) in [6.07, 6.45) is 0. The molecular formula is C11H11Cl2N. The van der Waals surface area contributed by atoms with Crippen molar-refractivity contribution in [2.75, 3.05) is 0 Å². The fourth-order valence-electron chi connectivity index (χ4n) is 1.46. The van der Waals surface area contributed by atoms with Crippen molar-refractivity contribution in [3.8, 4) is 0 Å². The second kappa shape index (κ2) is 3.48.